The van der Waals surface area contributed by atoms with Gasteiger partial charge in [-0.2, -0.15) is 0 Å². The Labute approximate surface area is 181 Å². The quantitative estimate of drug-likeness (QED) is 0.764. The van der Waals surface area contributed by atoms with Gasteiger partial charge in [0.1, 0.15) is 6.04 Å². The molecular formula is C23H26ClN3O3. The summed E-state index contributed by atoms with van der Waals surface area (Å²) in [7, 11) is 1.52. The molecule has 6 nitrogen and oxygen atoms in total. The number of halogens is 1. The lowest BCUT2D eigenvalue weighted by Crippen LogP contribution is -2.50. The van der Waals surface area contributed by atoms with Gasteiger partial charge in [-0.25, -0.2) is 0 Å². The highest BCUT2D eigenvalue weighted by molar-refractivity contribution is 6.34. The van der Waals surface area contributed by atoms with Gasteiger partial charge in [-0.05, 0) is 35.2 Å². The van der Waals surface area contributed by atoms with E-state index in [0.29, 0.717) is 30.1 Å². The van der Waals surface area contributed by atoms with Crippen LogP contribution in [0.25, 0.3) is 0 Å². The van der Waals surface area contributed by atoms with E-state index in [1.165, 1.54) is 13.1 Å². The molecule has 0 radical (unpaired) electrons. The van der Waals surface area contributed by atoms with Gasteiger partial charge in [0.25, 0.3) is 5.91 Å². The van der Waals surface area contributed by atoms with Gasteiger partial charge in [-0.1, -0.05) is 49.7 Å². The molecule has 0 aromatic heterocycles. The maximum Gasteiger partial charge on any atom is 0.252 e. The Kier molecular flexibility index (Phi) is 6.77. The van der Waals surface area contributed by atoms with E-state index in [1.54, 1.807) is 17.0 Å². The zero-order valence-electron chi connectivity index (χ0n) is 17.4. The number of nitrogens with zero attached hydrogens (tertiary/aromatic N) is 1. The highest BCUT2D eigenvalue weighted by atomic mass is 35.5. The summed E-state index contributed by atoms with van der Waals surface area (Å²) in [6.07, 6.45) is 0.829. The summed E-state index contributed by atoms with van der Waals surface area (Å²) in [4.78, 5) is 39.7. The first-order chi connectivity index (χ1) is 14.3. The first-order valence-corrected chi connectivity index (χ1v) is 10.4. The van der Waals surface area contributed by atoms with Crippen LogP contribution in [0.15, 0.2) is 42.5 Å². The van der Waals surface area contributed by atoms with Crippen molar-refractivity contribution in [3.05, 3.63) is 64.2 Å². The SMILES string of the molecule is CNC(=O)c1cc(NC(=O)C2Cc3ccccc3CN2C(=O)CC(C)C)ccc1Cl. The number of rotatable bonds is 5. The fraction of sp³-hybridized carbons (Fsp3) is 0.348. The molecule has 3 amide bonds. The monoisotopic (exact) mass is 427 g/mol. The zero-order chi connectivity index (χ0) is 21.8. The summed E-state index contributed by atoms with van der Waals surface area (Å²) in [6, 6.07) is 12.0. The number of fused-ring (bicyclic) bond motifs is 1. The van der Waals surface area contributed by atoms with Gasteiger partial charge in [0.15, 0.2) is 0 Å². The molecule has 1 unspecified atom stereocenters. The van der Waals surface area contributed by atoms with Crippen molar-refractivity contribution in [3.63, 3.8) is 0 Å². The lowest BCUT2D eigenvalue weighted by molar-refractivity contribution is -0.140. The van der Waals surface area contributed by atoms with Crippen molar-refractivity contribution >= 4 is 35.0 Å². The van der Waals surface area contributed by atoms with Gasteiger partial charge >= 0.3 is 0 Å². The molecule has 30 heavy (non-hydrogen) atoms. The molecule has 2 aromatic rings. The van der Waals surface area contributed by atoms with Crippen molar-refractivity contribution in [3.8, 4) is 0 Å². The molecule has 0 saturated heterocycles. The van der Waals surface area contributed by atoms with Crippen molar-refractivity contribution < 1.29 is 14.4 Å². The zero-order valence-corrected chi connectivity index (χ0v) is 18.1. The third kappa shape index (κ3) is 4.82. The number of nitrogens with one attached hydrogen (secondary N) is 2. The van der Waals surface area contributed by atoms with Crippen LogP contribution in [0, 0.1) is 5.92 Å². The second-order valence-electron chi connectivity index (χ2n) is 7.87. The fourth-order valence-corrected chi connectivity index (χ4v) is 3.83. The highest BCUT2D eigenvalue weighted by Gasteiger charge is 2.34. The van der Waals surface area contributed by atoms with E-state index in [2.05, 4.69) is 10.6 Å². The van der Waals surface area contributed by atoms with Gasteiger partial charge in [0.05, 0.1) is 10.6 Å². The Morgan fingerprint density at radius 2 is 1.83 bits per heavy atom. The Bertz CT molecular complexity index is 974. The normalized spacial score (nSPS) is 15.5. The molecule has 0 aliphatic carbocycles. The molecule has 0 saturated carbocycles. The average Bonchev–Trinajstić information content (AvgIpc) is 2.73. The second kappa shape index (κ2) is 9.30. The van der Waals surface area contributed by atoms with Crippen LogP contribution in [-0.4, -0.2) is 35.7 Å². The summed E-state index contributed by atoms with van der Waals surface area (Å²) in [5, 5.41) is 5.68. The van der Waals surface area contributed by atoms with Crippen LogP contribution in [0.1, 0.15) is 41.8 Å². The minimum atomic E-state index is -0.620. The number of benzene rings is 2. The molecule has 0 bridgehead atoms. The van der Waals surface area contributed by atoms with Gasteiger partial charge < -0.3 is 15.5 Å². The van der Waals surface area contributed by atoms with Crippen molar-refractivity contribution in [2.45, 2.75) is 39.3 Å². The van der Waals surface area contributed by atoms with Gasteiger partial charge in [-0.3, -0.25) is 14.4 Å². The molecule has 1 aliphatic rings. The lowest BCUT2D eigenvalue weighted by atomic mass is 9.92. The van der Waals surface area contributed by atoms with Crippen LogP contribution in [0.3, 0.4) is 0 Å². The summed E-state index contributed by atoms with van der Waals surface area (Å²) >= 11 is 6.10. The lowest BCUT2D eigenvalue weighted by Gasteiger charge is -2.36. The predicted molar refractivity (Wildman–Crippen MR) is 117 cm³/mol. The first-order valence-electron chi connectivity index (χ1n) is 9.99. The van der Waals surface area contributed by atoms with Crippen molar-refractivity contribution in [2.24, 2.45) is 5.92 Å². The minimum Gasteiger partial charge on any atom is -0.355 e. The summed E-state index contributed by atoms with van der Waals surface area (Å²) in [6.45, 7) is 4.38. The number of amides is 3. The Morgan fingerprint density at radius 3 is 2.50 bits per heavy atom. The average molecular weight is 428 g/mol. The third-order valence-electron chi connectivity index (χ3n) is 5.16. The standard InChI is InChI=1S/C23H26ClN3O3/c1-14(2)10-21(28)27-13-16-7-5-4-6-15(16)11-20(27)23(30)26-17-8-9-19(24)18(12-17)22(29)25-3/h4-9,12,14,20H,10-11,13H2,1-3H3,(H,25,29)(H,26,30). The predicted octanol–water partition coefficient (Wildman–Crippen LogP) is 3.64. The number of hydrogen-bond donors (Lipinski definition) is 2. The Balaban J connectivity index is 1.86. The van der Waals surface area contributed by atoms with E-state index < -0.39 is 6.04 Å². The highest BCUT2D eigenvalue weighted by Crippen LogP contribution is 2.26. The number of carbonyl (C=O) groups excluding carboxylic acids is 3. The largest absolute Gasteiger partial charge is 0.355 e. The van der Waals surface area contributed by atoms with Crippen LogP contribution < -0.4 is 10.6 Å². The Morgan fingerprint density at radius 1 is 1.13 bits per heavy atom. The van der Waals surface area contributed by atoms with Crippen LogP contribution in [0.4, 0.5) is 5.69 Å². The van der Waals surface area contributed by atoms with E-state index >= 15 is 0 Å². The third-order valence-corrected chi connectivity index (χ3v) is 5.49. The smallest absolute Gasteiger partial charge is 0.252 e. The van der Waals surface area contributed by atoms with E-state index in [9.17, 15) is 14.4 Å². The summed E-state index contributed by atoms with van der Waals surface area (Å²) in [5.74, 6) is -0.463. The second-order valence-corrected chi connectivity index (χ2v) is 8.28. The molecular weight excluding hydrogens is 402 g/mol. The molecule has 1 heterocycles. The number of hydrogen-bond acceptors (Lipinski definition) is 3. The van der Waals surface area contributed by atoms with E-state index in [-0.39, 0.29) is 29.2 Å². The molecule has 1 atom stereocenters. The van der Waals surface area contributed by atoms with E-state index in [0.717, 1.165) is 11.1 Å². The molecule has 0 fully saturated rings. The fourth-order valence-electron chi connectivity index (χ4n) is 3.62. The molecule has 3 rings (SSSR count). The van der Waals surface area contributed by atoms with Crippen molar-refractivity contribution in [1.82, 2.24) is 10.2 Å². The minimum absolute atomic E-state index is 0.0400. The van der Waals surface area contributed by atoms with Crippen LogP contribution >= 0.6 is 11.6 Å². The number of carbonyl (C=O) groups is 3. The molecule has 7 heteroatoms. The van der Waals surface area contributed by atoms with Crippen molar-refractivity contribution in [1.29, 1.82) is 0 Å². The maximum atomic E-state index is 13.2. The van der Waals surface area contributed by atoms with Crippen LogP contribution in [0.2, 0.25) is 5.02 Å². The van der Waals surface area contributed by atoms with Gasteiger partial charge in [0.2, 0.25) is 11.8 Å². The molecule has 0 spiro atoms. The maximum absolute atomic E-state index is 13.2. The van der Waals surface area contributed by atoms with Crippen LogP contribution in [0.5, 0.6) is 0 Å². The molecule has 2 aromatic carbocycles. The van der Waals surface area contributed by atoms with E-state index in [4.69, 9.17) is 11.6 Å². The Hall–Kier alpha value is -2.86. The van der Waals surface area contributed by atoms with Gasteiger partial charge in [0, 0.05) is 32.1 Å². The molecule has 158 valence electrons. The van der Waals surface area contributed by atoms with Crippen molar-refractivity contribution in [2.75, 3.05) is 12.4 Å². The first kappa shape index (κ1) is 21.8. The number of anilines is 1. The van der Waals surface area contributed by atoms with Gasteiger partial charge in [-0.15, -0.1) is 0 Å². The molecule has 2 N–H and O–H groups in total. The van der Waals surface area contributed by atoms with Crippen LogP contribution in [-0.2, 0) is 22.6 Å². The van der Waals surface area contributed by atoms with E-state index in [1.807, 2.05) is 38.1 Å². The summed E-state index contributed by atoms with van der Waals surface area (Å²) in [5.41, 5.74) is 2.86. The topological polar surface area (TPSA) is 78.5 Å². The summed E-state index contributed by atoms with van der Waals surface area (Å²) < 4.78 is 0. The molecule has 1 aliphatic heterocycles.